The van der Waals surface area contributed by atoms with Crippen LogP contribution in [0.25, 0.3) is 0 Å². The van der Waals surface area contributed by atoms with Crippen molar-refractivity contribution in [3.05, 3.63) is 11.9 Å². The molecule has 106 valence electrons. The molecule has 2 heterocycles. The predicted molar refractivity (Wildman–Crippen MR) is 80.9 cm³/mol. The zero-order valence-electron chi connectivity index (χ0n) is 12.6. The van der Waals surface area contributed by atoms with Crippen molar-refractivity contribution in [1.29, 1.82) is 0 Å². The third kappa shape index (κ3) is 2.99. The fraction of sp³-hybridized carbons (Fsp3) is 0.733. The van der Waals surface area contributed by atoms with Crippen molar-refractivity contribution in [3.8, 4) is 0 Å². The molecule has 1 aromatic heterocycles. The summed E-state index contributed by atoms with van der Waals surface area (Å²) in [5.41, 5.74) is 1.25. The van der Waals surface area contributed by atoms with Gasteiger partial charge in [-0.05, 0) is 24.7 Å². The van der Waals surface area contributed by atoms with Gasteiger partial charge in [0.2, 0.25) is 0 Å². The highest BCUT2D eigenvalue weighted by atomic mass is 15.2. The zero-order chi connectivity index (χ0) is 13.8. The van der Waals surface area contributed by atoms with E-state index in [1.54, 1.807) is 6.33 Å². The van der Waals surface area contributed by atoms with E-state index in [9.17, 15) is 0 Å². The maximum atomic E-state index is 4.56. The fourth-order valence-corrected chi connectivity index (χ4v) is 2.92. The first kappa shape index (κ1) is 14.1. The van der Waals surface area contributed by atoms with Crippen LogP contribution in [0.5, 0.6) is 0 Å². The average Bonchev–Trinajstić information content (AvgIpc) is 2.46. The predicted octanol–water partition coefficient (Wildman–Crippen LogP) is 3.27. The maximum absolute atomic E-state index is 4.56. The second-order valence-corrected chi connectivity index (χ2v) is 5.70. The molecule has 0 aromatic carbocycles. The summed E-state index contributed by atoms with van der Waals surface area (Å²) in [5, 5.41) is 3.20. The molecule has 0 amide bonds. The zero-order valence-corrected chi connectivity index (χ0v) is 12.6. The van der Waals surface area contributed by atoms with E-state index in [1.165, 1.54) is 24.8 Å². The molecule has 0 radical (unpaired) electrons. The molecule has 0 unspecified atom stereocenters. The Morgan fingerprint density at radius 3 is 2.53 bits per heavy atom. The number of nitrogens with one attached hydrogen (secondary N) is 1. The highest BCUT2D eigenvalue weighted by Gasteiger charge is 2.23. The van der Waals surface area contributed by atoms with Gasteiger partial charge in [0.05, 0.1) is 0 Å². The molecule has 1 N–H and O–H groups in total. The molecular weight excluding hydrogens is 236 g/mol. The Morgan fingerprint density at radius 1 is 1.32 bits per heavy atom. The Kier molecular flexibility index (Phi) is 4.61. The lowest BCUT2D eigenvalue weighted by molar-refractivity contribution is 0.393. The summed E-state index contributed by atoms with van der Waals surface area (Å²) in [5.74, 6) is 3.42. The van der Waals surface area contributed by atoms with E-state index in [-0.39, 0.29) is 0 Å². The Balaban J connectivity index is 2.25. The molecular formula is C15H26N4. The minimum absolute atomic E-state index is 0.433. The van der Waals surface area contributed by atoms with Crippen molar-refractivity contribution in [2.24, 2.45) is 5.92 Å². The van der Waals surface area contributed by atoms with Crippen LogP contribution < -0.4 is 10.2 Å². The van der Waals surface area contributed by atoms with E-state index < -0.39 is 0 Å². The minimum Gasteiger partial charge on any atom is -0.373 e. The lowest BCUT2D eigenvalue weighted by atomic mass is 9.93. The van der Waals surface area contributed by atoms with Gasteiger partial charge in [0.1, 0.15) is 18.0 Å². The largest absolute Gasteiger partial charge is 0.373 e. The molecule has 0 saturated carbocycles. The molecule has 4 nitrogen and oxygen atoms in total. The summed E-state index contributed by atoms with van der Waals surface area (Å²) in [6.45, 7) is 8.96. The molecule has 1 fully saturated rings. The summed E-state index contributed by atoms with van der Waals surface area (Å²) >= 11 is 0. The molecule has 1 aromatic rings. The van der Waals surface area contributed by atoms with Gasteiger partial charge in [-0.1, -0.05) is 27.2 Å². The summed E-state index contributed by atoms with van der Waals surface area (Å²) < 4.78 is 0. The third-order valence-corrected chi connectivity index (χ3v) is 4.17. The lowest BCUT2D eigenvalue weighted by Crippen LogP contribution is -2.35. The van der Waals surface area contributed by atoms with E-state index in [2.05, 4.69) is 41.0 Å². The smallest absolute Gasteiger partial charge is 0.137 e. The first-order chi connectivity index (χ1) is 9.17. The summed E-state index contributed by atoms with van der Waals surface area (Å²) in [6, 6.07) is 0. The summed E-state index contributed by atoms with van der Waals surface area (Å²) in [6.07, 6.45) is 5.55. The number of anilines is 2. The van der Waals surface area contributed by atoms with Crippen molar-refractivity contribution in [1.82, 2.24) is 9.97 Å². The van der Waals surface area contributed by atoms with E-state index in [4.69, 9.17) is 0 Å². The van der Waals surface area contributed by atoms with Gasteiger partial charge in [-0.2, -0.15) is 0 Å². The van der Waals surface area contributed by atoms with Crippen LogP contribution >= 0.6 is 0 Å². The number of aromatic nitrogens is 2. The van der Waals surface area contributed by atoms with E-state index in [1.807, 2.05) is 7.05 Å². The van der Waals surface area contributed by atoms with Gasteiger partial charge in [-0.25, -0.2) is 9.97 Å². The topological polar surface area (TPSA) is 41.1 Å². The second kappa shape index (κ2) is 6.22. The van der Waals surface area contributed by atoms with Crippen LogP contribution in [0, 0.1) is 5.92 Å². The molecule has 1 saturated heterocycles. The molecule has 2 rings (SSSR count). The van der Waals surface area contributed by atoms with Gasteiger partial charge in [0, 0.05) is 25.7 Å². The number of nitrogens with zero attached hydrogens (tertiary/aromatic N) is 3. The van der Waals surface area contributed by atoms with Crippen LogP contribution in [0.1, 0.15) is 51.5 Å². The Hall–Kier alpha value is -1.32. The molecule has 0 bridgehead atoms. The number of rotatable bonds is 4. The van der Waals surface area contributed by atoms with Gasteiger partial charge in [0.25, 0.3) is 0 Å². The average molecular weight is 262 g/mol. The third-order valence-electron chi connectivity index (χ3n) is 4.17. The van der Waals surface area contributed by atoms with Gasteiger partial charge >= 0.3 is 0 Å². The van der Waals surface area contributed by atoms with Crippen LogP contribution in [-0.2, 0) is 0 Å². The van der Waals surface area contributed by atoms with Crippen molar-refractivity contribution < 1.29 is 0 Å². The highest BCUT2D eigenvalue weighted by Crippen LogP contribution is 2.33. The molecule has 1 aliphatic heterocycles. The molecule has 0 atom stereocenters. The van der Waals surface area contributed by atoms with Crippen molar-refractivity contribution in [2.45, 2.75) is 46.0 Å². The molecule has 4 heteroatoms. The monoisotopic (exact) mass is 262 g/mol. The fourth-order valence-electron chi connectivity index (χ4n) is 2.92. The number of piperidine rings is 1. The van der Waals surface area contributed by atoms with Gasteiger partial charge in [-0.3, -0.25) is 0 Å². The number of hydrogen-bond donors (Lipinski definition) is 1. The summed E-state index contributed by atoms with van der Waals surface area (Å²) in [7, 11) is 1.93. The standard InChI is InChI=1S/C15H26N4/c1-5-12-6-8-19(9-7-12)15-13(11(2)3)14(16-4)17-10-18-15/h10-12H,5-9H2,1-4H3,(H,16,17,18). The second-order valence-electron chi connectivity index (χ2n) is 5.70. The van der Waals surface area contributed by atoms with Gasteiger partial charge in [0.15, 0.2) is 0 Å². The van der Waals surface area contributed by atoms with Gasteiger partial charge < -0.3 is 10.2 Å². The van der Waals surface area contributed by atoms with Crippen LogP contribution in [0.3, 0.4) is 0 Å². The normalized spacial score (nSPS) is 17.0. The molecule has 1 aliphatic rings. The van der Waals surface area contributed by atoms with Crippen LogP contribution in [0.15, 0.2) is 6.33 Å². The molecule has 0 aliphatic carbocycles. The number of hydrogen-bond acceptors (Lipinski definition) is 4. The quantitative estimate of drug-likeness (QED) is 0.904. The molecule has 0 spiro atoms. The van der Waals surface area contributed by atoms with Crippen molar-refractivity contribution in [3.63, 3.8) is 0 Å². The summed E-state index contributed by atoms with van der Waals surface area (Å²) in [4.78, 5) is 11.3. The lowest BCUT2D eigenvalue weighted by Gasteiger charge is -2.34. The molecule has 19 heavy (non-hydrogen) atoms. The highest BCUT2D eigenvalue weighted by molar-refractivity contribution is 5.60. The van der Waals surface area contributed by atoms with Crippen LogP contribution in [0.2, 0.25) is 0 Å². The van der Waals surface area contributed by atoms with E-state index >= 15 is 0 Å². The SMILES string of the molecule is CCC1CCN(c2ncnc(NC)c2C(C)C)CC1. The van der Waals surface area contributed by atoms with Gasteiger partial charge in [-0.15, -0.1) is 0 Å². The Morgan fingerprint density at radius 2 is 2.00 bits per heavy atom. The minimum atomic E-state index is 0.433. The van der Waals surface area contributed by atoms with E-state index in [0.717, 1.165) is 30.6 Å². The van der Waals surface area contributed by atoms with Crippen LogP contribution in [0.4, 0.5) is 11.6 Å². The van der Waals surface area contributed by atoms with E-state index in [0.29, 0.717) is 5.92 Å². The Labute approximate surface area is 116 Å². The van der Waals surface area contributed by atoms with Crippen molar-refractivity contribution in [2.75, 3.05) is 30.4 Å². The van der Waals surface area contributed by atoms with Crippen LogP contribution in [-0.4, -0.2) is 30.1 Å². The maximum Gasteiger partial charge on any atom is 0.137 e. The first-order valence-electron chi connectivity index (χ1n) is 7.44. The first-order valence-corrected chi connectivity index (χ1v) is 7.44. The Bertz CT molecular complexity index is 409. The van der Waals surface area contributed by atoms with Crippen molar-refractivity contribution >= 4 is 11.6 Å².